The minimum Gasteiger partial charge on any atom is -0.302 e. The van der Waals surface area contributed by atoms with Gasteiger partial charge in [0.1, 0.15) is 5.15 Å². The van der Waals surface area contributed by atoms with Gasteiger partial charge in [0.05, 0.1) is 18.4 Å². The number of nitrogens with zero attached hydrogens (tertiary/aromatic N) is 2. The Hall–Kier alpha value is -2.49. The van der Waals surface area contributed by atoms with Gasteiger partial charge < -0.3 is 5.32 Å². The van der Waals surface area contributed by atoms with Crippen LogP contribution in [-0.4, -0.2) is 30.5 Å². The van der Waals surface area contributed by atoms with Gasteiger partial charge in [-0.15, -0.1) is 11.3 Å². The van der Waals surface area contributed by atoms with Crippen LogP contribution in [0.15, 0.2) is 48.0 Å². The van der Waals surface area contributed by atoms with Gasteiger partial charge in [0.25, 0.3) is 0 Å². The second kappa shape index (κ2) is 8.03. The molecule has 0 aliphatic heterocycles. The third kappa shape index (κ3) is 5.75. The van der Waals surface area contributed by atoms with E-state index in [0.29, 0.717) is 27.2 Å². The fraction of sp³-hybridized carbons (Fsp3) is 0.118. The highest BCUT2D eigenvalue weighted by atomic mass is 35.5. The van der Waals surface area contributed by atoms with Crippen molar-refractivity contribution in [3.05, 3.63) is 58.7 Å². The molecule has 1 amide bonds. The molecule has 2 heterocycles. The molecule has 140 valence electrons. The van der Waals surface area contributed by atoms with Crippen molar-refractivity contribution in [3.63, 3.8) is 0 Å². The Bertz CT molecular complexity index is 1080. The number of carbonyl (C=O) groups is 1. The molecule has 0 unspecified atom stereocenters. The monoisotopic (exact) mass is 422 g/mol. The Kier molecular flexibility index (Phi) is 5.73. The zero-order valence-electron chi connectivity index (χ0n) is 14.1. The highest BCUT2D eigenvalue weighted by Crippen LogP contribution is 2.26. The van der Waals surface area contributed by atoms with E-state index < -0.39 is 10.0 Å². The smallest absolute Gasteiger partial charge is 0.230 e. The molecule has 0 bridgehead atoms. The van der Waals surface area contributed by atoms with Gasteiger partial charge in [-0.05, 0) is 29.8 Å². The molecular formula is C17H15ClN4O3S2. The van der Waals surface area contributed by atoms with E-state index in [4.69, 9.17) is 11.6 Å². The third-order valence-corrected chi connectivity index (χ3v) is 4.94. The van der Waals surface area contributed by atoms with Crippen LogP contribution in [0.3, 0.4) is 0 Å². The zero-order chi connectivity index (χ0) is 19.4. The number of thiazole rings is 1. The molecule has 27 heavy (non-hydrogen) atoms. The molecule has 0 aliphatic rings. The lowest BCUT2D eigenvalue weighted by Gasteiger charge is -2.06. The molecule has 0 radical (unpaired) electrons. The molecule has 0 aliphatic carbocycles. The number of halogens is 1. The van der Waals surface area contributed by atoms with Gasteiger partial charge in [0, 0.05) is 22.8 Å². The van der Waals surface area contributed by atoms with Crippen LogP contribution < -0.4 is 10.0 Å². The number of benzene rings is 1. The van der Waals surface area contributed by atoms with Crippen LogP contribution in [0.2, 0.25) is 5.15 Å². The Balaban J connectivity index is 1.66. The predicted molar refractivity (Wildman–Crippen MR) is 108 cm³/mol. The summed E-state index contributed by atoms with van der Waals surface area (Å²) in [6, 6.07) is 10.2. The molecule has 0 atom stereocenters. The lowest BCUT2D eigenvalue weighted by atomic mass is 10.1. The fourth-order valence-corrected chi connectivity index (χ4v) is 3.80. The van der Waals surface area contributed by atoms with Crippen LogP contribution in [0, 0.1) is 0 Å². The number of sulfonamides is 1. The molecule has 0 spiro atoms. The molecule has 2 N–H and O–H groups in total. The number of amides is 1. The molecule has 0 saturated heterocycles. The van der Waals surface area contributed by atoms with E-state index in [9.17, 15) is 13.2 Å². The lowest BCUT2D eigenvalue weighted by Crippen LogP contribution is -2.15. The summed E-state index contributed by atoms with van der Waals surface area (Å²) in [6.45, 7) is 0. The van der Waals surface area contributed by atoms with Crippen molar-refractivity contribution in [1.82, 2.24) is 9.97 Å². The standard InChI is InChI=1S/C17H15ClN4O3S2/c1-27(24,25)22-13-4-2-3-11(7-13)8-16(23)21-17-20-14(10-26-17)12-5-6-19-15(18)9-12/h2-7,9-10,22H,8H2,1H3,(H,20,21,23). The second-order valence-corrected chi connectivity index (χ2v) is 8.70. The number of carbonyl (C=O) groups excluding carboxylic acids is 1. The van der Waals surface area contributed by atoms with E-state index >= 15 is 0 Å². The number of hydrogen-bond donors (Lipinski definition) is 2. The summed E-state index contributed by atoms with van der Waals surface area (Å²) >= 11 is 7.18. The average molecular weight is 423 g/mol. The molecule has 7 nitrogen and oxygen atoms in total. The maximum atomic E-state index is 12.3. The van der Waals surface area contributed by atoms with Gasteiger partial charge in [0.15, 0.2) is 5.13 Å². The molecule has 3 aromatic rings. The average Bonchev–Trinajstić information content (AvgIpc) is 3.02. The first-order chi connectivity index (χ1) is 12.8. The number of aromatic nitrogens is 2. The molecule has 0 saturated carbocycles. The number of anilines is 2. The molecule has 10 heteroatoms. The first-order valence-electron chi connectivity index (χ1n) is 7.72. The van der Waals surface area contributed by atoms with E-state index in [1.54, 1.807) is 42.6 Å². The first-order valence-corrected chi connectivity index (χ1v) is 10.9. The zero-order valence-corrected chi connectivity index (χ0v) is 16.5. The quantitative estimate of drug-likeness (QED) is 0.593. The van der Waals surface area contributed by atoms with Crippen LogP contribution in [0.1, 0.15) is 5.56 Å². The second-order valence-electron chi connectivity index (χ2n) is 5.70. The van der Waals surface area contributed by atoms with Gasteiger partial charge in [0.2, 0.25) is 15.9 Å². The van der Waals surface area contributed by atoms with E-state index in [2.05, 4.69) is 20.0 Å². The Morgan fingerprint density at radius 2 is 2.07 bits per heavy atom. The third-order valence-electron chi connectivity index (χ3n) is 3.37. The summed E-state index contributed by atoms with van der Waals surface area (Å²) in [7, 11) is -3.37. The van der Waals surface area contributed by atoms with Gasteiger partial charge >= 0.3 is 0 Å². The summed E-state index contributed by atoms with van der Waals surface area (Å²) in [4.78, 5) is 20.6. The minimum atomic E-state index is -3.37. The van der Waals surface area contributed by atoms with Crippen LogP contribution in [-0.2, 0) is 21.2 Å². The van der Waals surface area contributed by atoms with Crippen molar-refractivity contribution in [3.8, 4) is 11.3 Å². The number of pyridine rings is 1. The van der Waals surface area contributed by atoms with Crippen LogP contribution in [0.25, 0.3) is 11.3 Å². The highest BCUT2D eigenvalue weighted by molar-refractivity contribution is 7.92. The first kappa shape index (κ1) is 19.3. The fourth-order valence-electron chi connectivity index (χ4n) is 2.33. The minimum absolute atomic E-state index is 0.0925. The van der Waals surface area contributed by atoms with Crippen molar-refractivity contribution in [2.75, 3.05) is 16.3 Å². The molecule has 0 fully saturated rings. The van der Waals surface area contributed by atoms with Crippen molar-refractivity contribution in [2.24, 2.45) is 0 Å². The van der Waals surface area contributed by atoms with E-state index in [0.717, 1.165) is 11.8 Å². The Labute approximate surface area is 165 Å². The van der Waals surface area contributed by atoms with Crippen LogP contribution in [0.4, 0.5) is 10.8 Å². The molecule has 1 aromatic carbocycles. The number of nitrogens with one attached hydrogen (secondary N) is 2. The van der Waals surface area contributed by atoms with Crippen molar-refractivity contribution >= 4 is 49.7 Å². The van der Waals surface area contributed by atoms with E-state index in [1.165, 1.54) is 11.3 Å². The summed E-state index contributed by atoms with van der Waals surface area (Å²) in [5, 5.41) is 5.40. The van der Waals surface area contributed by atoms with E-state index in [1.807, 2.05) is 5.38 Å². The Morgan fingerprint density at radius 3 is 2.81 bits per heavy atom. The Morgan fingerprint density at radius 1 is 1.26 bits per heavy atom. The van der Waals surface area contributed by atoms with Crippen LogP contribution in [0.5, 0.6) is 0 Å². The predicted octanol–water partition coefficient (Wildman–Crippen LogP) is 3.41. The van der Waals surface area contributed by atoms with Crippen molar-refractivity contribution < 1.29 is 13.2 Å². The number of hydrogen-bond acceptors (Lipinski definition) is 6. The van der Waals surface area contributed by atoms with Crippen LogP contribution >= 0.6 is 22.9 Å². The maximum Gasteiger partial charge on any atom is 0.230 e. The summed E-state index contributed by atoms with van der Waals surface area (Å²) in [5.41, 5.74) is 2.60. The maximum absolute atomic E-state index is 12.3. The summed E-state index contributed by atoms with van der Waals surface area (Å²) < 4.78 is 25.0. The molecule has 3 rings (SSSR count). The van der Waals surface area contributed by atoms with Gasteiger partial charge in [-0.2, -0.15) is 0 Å². The van der Waals surface area contributed by atoms with Crippen molar-refractivity contribution in [2.45, 2.75) is 6.42 Å². The van der Waals surface area contributed by atoms with Crippen molar-refractivity contribution in [1.29, 1.82) is 0 Å². The number of rotatable bonds is 6. The highest BCUT2D eigenvalue weighted by Gasteiger charge is 2.10. The molecule has 2 aromatic heterocycles. The largest absolute Gasteiger partial charge is 0.302 e. The van der Waals surface area contributed by atoms with Gasteiger partial charge in [-0.3, -0.25) is 9.52 Å². The lowest BCUT2D eigenvalue weighted by molar-refractivity contribution is -0.115. The molecular weight excluding hydrogens is 408 g/mol. The van der Waals surface area contributed by atoms with Gasteiger partial charge in [-0.1, -0.05) is 23.7 Å². The summed E-state index contributed by atoms with van der Waals surface area (Å²) in [5.74, 6) is -0.250. The normalized spacial score (nSPS) is 11.2. The van der Waals surface area contributed by atoms with Gasteiger partial charge in [-0.25, -0.2) is 18.4 Å². The van der Waals surface area contributed by atoms with E-state index in [-0.39, 0.29) is 12.3 Å². The topological polar surface area (TPSA) is 101 Å². The SMILES string of the molecule is CS(=O)(=O)Nc1cccc(CC(=O)Nc2nc(-c3ccnc(Cl)c3)cs2)c1. The summed E-state index contributed by atoms with van der Waals surface area (Å²) in [6.07, 6.45) is 2.75.